The van der Waals surface area contributed by atoms with Crippen LogP contribution in [0.5, 0.6) is 5.75 Å². The predicted octanol–water partition coefficient (Wildman–Crippen LogP) is 4.78. The second kappa shape index (κ2) is 6.09. The van der Waals surface area contributed by atoms with Crippen LogP contribution in [0.3, 0.4) is 0 Å². The van der Waals surface area contributed by atoms with Crippen LogP contribution in [0, 0.1) is 0 Å². The van der Waals surface area contributed by atoms with Crippen LogP contribution in [0.4, 0.5) is 0 Å². The van der Waals surface area contributed by atoms with Gasteiger partial charge in [-0.05, 0) is 42.8 Å². The Bertz CT molecular complexity index is 592. The summed E-state index contributed by atoms with van der Waals surface area (Å²) in [5.74, 6) is 0.459. The van der Waals surface area contributed by atoms with Gasteiger partial charge in [0.2, 0.25) is 0 Å². The lowest BCUT2D eigenvalue weighted by atomic mass is 10.1. The Morgan fingerprint density at radius 1 is 1.05 bits per heavy atom. The maximum atomic E-state index is 11.5. The summed E-state index contributed by atoms with van der Waals surface area (Å²) >= 11 is 11.7. The maximum Gasteiger partial charge on any atom is 0.163 e. The SMILES string of the molecule is CC(=O)c1cc(Cl)ccc1OCc1ccc(Cl)cc1. The summed E-state index contributed by atoms with van der Waals surface area (Å²) in [6, 6.07) is 12.4. The van der Waals surface area contributed by atoms with Crippen molar-refractivity contribution in [2.24, 2.45) is 0 Å². The molecule has 2 aromatic rings. The van der Waals surface area contributed by atoms with Crippen molar-refractivity contribution in [2.45, 2.75) is 13.5 Å². The minimum absolute atomic E-state index is 0.0754. The van der Waals surface area contributed by atoms with Gasteiger partial charge in [-0.1, -0.05) is 35.3 Å². The van der Waals surface area contributed by atoms with Gasteiger partial charge >= 0.3 is 0 Å². The minimum Gasteiger partial charge on any atom is -0.488 e. The Morgan fingerprint density at radius 3 is 2.32 bits per heavy atom. The van der Waals surface area contributed by atoms with Gasteiger partial charge in [0.15, 0.2) is 5.78 Å². The number of hydrogen-bond donors (Lipinski definition) is 0. The Kier molecular flexibility index (Phi) is 4.46. The van der Waals surface area contributed by atoms with Crippen molar-refractivity contribution < 1.29 is 9.53 Å². The molecule has 0 radical (unpaired) electrons. The van der Waals surface area contributed by atoms with E-state index in [1.807, 2.05) is 12.1 Å². The number of ketones is 1. The molecule has 0 aliphatic carbocycles. The van der Waals surface area contributed by atoms with Crippen molar-refractivity contribution in [2.75, 3.05) is 0 Å². The van der Waals surface area contributed by atoms with E-state index < -0.39 is 0 Å². The fourth-order valence-electron chi connectivity index (χ4n) is 1.64. The van der Waals surface area contributed by atoms with Gasteiger partial charge in [0, 0.05) is 10.0 Å². The van der Waals surface area contributed by atoms with Gasteiger partial charge in [0.05, 0.1) is 5.56 Å². The summed E-state index contributed by atoms with van der Waals surface area (Å²) in [4.78, 5) is 11.5. The number of hydrogen-bond acceptors (Lipinski definition) is 2. The van der Waals surface area contributed by atoms with Gasteiger partial charge in [0.1, 0.15) is 12.4 Å². The molecule has 0 heterocycles. The molecule has 0 amide bonds. The highest BCUT2D eigenvalue weighted by molar-refractivity contribution is 6.31. The largest absolute Gasteiger partial charge is 0.488 e. The van der Waals surface area contributed by atoms with Crippen molar-refractivity contribution in [1.29, 1.82) is 0 Å². The molecule has 0 aromatic heterocycles. The zero-order valence-corrected chi connectivity index (χ0v) is 11.8. The Balaban J connectivity index is 2.15. The van der Waals surface area contributed by atoms with Gasteiger partial charge in [-0.15, -0.1) is 0 Å². The zero-order chi connectivity index (χ0) is 13.8. The van der Waals surface area contributed by atoms with Crippen LogP contribution in [-0.2, 0) is 6.61 Å². The molecule has 0 N–H and O–H groups in total. The molecule has 2 aromatic carbocycles. The first-order chi connectivity index (χ1) is 9.06. The third-order valence-corrected chi connectivity index (χ3v) is 3.12. The molecule has 19 heavy (non-hydrogen) atoms. The lowest BCUT2D eigenvalue weighted by molar-refractivity contribution is 0.101. The van der Waals surface area contributed by atoms with Crippen LogP contribution < -0.4 is 4.74 Å². The van der Waals surface area contributed by atoms with Crippen LogP contribution in [0.2, 0.25) is 10.0 Å². The fourth-order valence-corrected chi connectivity index (χ4v) is 1.94. The fraction of sp³-hybridized carbons (Fsp3) is 0.133. The van der Waals surface area contributed by atoms with Crippen LogP contribution in [-0.4, -0.2) is 5.78 Å². The number of carbonyl (C=O) groups excluding carboxylic acids is 1. The predicted molar refractivity (Wildman–Crippen MR) is 77.2 cm³/mol. The van der Waals surface area contributed by atoms with Crippen molar-refractivity contribution in [3.8, 4) is 5.75 Å². The van der Waals surface area contributed by atoms with E-state index in [0.29, 0.717) is 28.0 Å². The van der Waals surface area contributed by atoms with Crippen LogP contribution >= 0.6 is 23.2 Å². The third kappa shape index (κ3) is 3.72. The summed E-state index contributed by atoms with van der Waals surface area (Å²) in [6.45, 7) is 1.86. The van der Waals surface area contributed by atoms with E-state index in [9.17, 15) is 4.79 Å². The summed E-state index contributed by atoms with van der Waals surface area (Å²) < 4.78 is 5.66. The summed E-state index contributed by atoms with van der Waals surface area (Å²) in [7, 11) is 0. The molecule has 0 aliphatic rings. The van der Waals surface area contributed by atoms with Gasteiger partial charge in [0.25, 0.3) is 0 Å². The highest BCUT2D eigenvalue weighted by Gasteiger charge is 2.09. The molecule has 0 bridgehead atoms. The van der Waals surface area contributed by atoms with E-state index >= 15 is 0 Å². The number of carbonyl (C=O) groups is 1. The molecule has 0 atom stereocenters. The number of ether oxygens (including phenoxy) is 1. The van der Waals surface area contributed by atoms with Crippen LogP contribution in [0.15, 0.2) is 42.5 Å². The number of Topliss-reactive ketones (excluding diaryl/α,β-unsaturated/α-hetero) is 1. The van der Waals surface area contributed by atoms with E-state index in [1.54, 1.807) is 30.3 Å². The lowest BCUT2D eigenvalue weighted by Crippen LogP contribution is -2.01. The topological polar surface area (TPSA) is 26.3 Å². The van der Waals surface area contributed by atoms with Crippen molar-refractivity contribution in [3.63, 3.8) is 0 Å². The van der Waals surface area contributed by atoms with Crippen molar-refractivity contribution >= 4 is 29.0 Å². The van der Waals surface area contributed by atoms with Crippen molar-refractivity contribution in [1.82, 2.24) is 0 Å². The molecule has 0 spiro atoms. The van der Waals surface area contributed by atoms with E-state index in [1.165, 1.54) is 6.92 Å². The Morgan fingerprint density at radius 2 is 1.68 bits per heavy atom. The smallest absolute Gasteiger partial charge is 0.163 e. The Labute approximate surface area is 121 Å². The average molecular weight is 295 g/mol. The molecule has 0 saturated carbocycles. The highest BCUT2D eigenvalue weighted by atomic mass is 35.5. The van der Waals surface area contributed by atoms with Gasteiger partial charge in [-0.2, -0.15) is 0 Å². The van der Waals surface area contributed by atoms with Crippen LogP contribution in [0.25, 0.3) is 0 Å². The molecule has 2 nitrogen and oxygen atoms in total. The maximum absolute atomic E-state index is 11.5. The first-order valence-electron chi connectivity index (χ1n) is 5.74. The van der Waals surface area contributed by atoms with E-state index in [2.05, 4.69) is 0 Å². The Hall–Kier alpha value is -1.51. The molecule has 4 heteroatoms. The van der Waals surface area contributed by atoms with E-state index in [-0.39, 0.29) is 5.78 Å². The van der Waals surface area contributed by atoms with E-state index in [4.69, 9.17) is 27.9 Å². The molecule has 2 rings (SSSR count). The third-order valence-electron chi connectivity index (χ3n) is 2.63. The van der Waals surface area contributed by atoms with Crippen molar-refractivity contribution in [3.05, 3.63) is 63.6 Å². The highest BCUT2D eigenvalue weighted by Crippen LogP contribution is 2.24. The van der Waals surface area contributed by atoms with Gasteiger partial charge in [-0.25, -0.2) is 0 Å². The average Bonchev–Trinajstić information content (AvgIpc) is 2.39. The van der Waals surface area contributed by atoms with Crippen LogP contribution in [0.1, 0.15) is 22.8 Å². The second-order valence-corrected chi connectivity index (χ2v) is 4.98. The summed E-state index contributed by atoms with van der Waals surface area (Å²) in [5, 5.41) is 1.20. The number of benzene rings is 2. The number of rotatable bonds is 4. The summed E-state index contributed by atoms with van der Waals surface area (Å²) in [6.07, 6.45) is 0. The second-order valence-electron chi connectivity index (χ2n) is 4.11. The van der Waals surface area contributed by atoms with Gasteiger partial charge in [-0.3, -0.25) is 4.79 Å². The molecule has 0 aliphatic heterocycles. The zero-order valence-electron chi connectivity index (χ0n) is 10.3. The molecule has 98 valence electrons. The monoisotopic (exact) mass is 294 g/mol. The summed E-state index contributed by atoms with van der Waals surface area (Å²) in [5.41, 5.74) is 1.47. The standard InChI is InChI=1S/C15H12Cl2O2/c1-10(18)14-8-13(17)6-7-15(14)19-9-11-2-4-12(16)5-3-11/h2-8H,9H2,1H3. The molecular weight excluding hydrogens is 283 g/mol. The van der Waals surface area contributed by atoms with E-state index in [0.717, 1.165) is 5.56 Å². The first kappa shape index (κ1) is 13.9. The molecular formula is C15H12Cl2O2. The number of halogens is 2. The molecule has 0 saturated heterocycles. The molecule has 0 unspecified atom stereocenters. The van der Waals surface area contributed by atoms with Gasteiger partial charge < -0.3 is 4.74 Å². The quantitative estimate of drug-likeness (QED) is 0.759. The minimum atomic E-state index is -0.0754. The lowest BCUT2D eigenvalue weighted by Gasteiger charge is -2.10. The first-order valence-corrected chi connectivity index (χ1v) is 6.49. The molecule has 0 fully saturated rings. The normalized spacial score (nSPS) is 10.3.